The molecule has 0 saturated heterocycles. The van der Waals surface area contributed by atoms with E-state index in [-0.39, 0.29) is 31.0 Å². The van der Waals surface area contributed by atoms with Gasteiger partial charge in [-0.3, -0.25) is 9.59 Å². The Balaban J connectivity index is 2.44. The average Bonchev–Trinajstić information content (AvgIpc) is 2.76. The Morgan fingerprint density at radius 1 is 1.06 bits per heavy atom. The maximum Gasteiger partial charge on any atom is 0.416 e. The summed E-state index contributed by atoms with van der Waals surface area (Å²) in [5, 5.41) is 0. The van der Waals surface area contributed by atoms with Crippen LogP contribution in [0.3, 0.4) is 0 Å². The standard InChI is InChI=1S/C23H26F3NO4/c1-4-16(22(29)31-5-2)14-27(21(28)17-9-7-6-8-10-17)15-18-11-12-19(30-3)13-20(18)23(24,25)26/h6-13,16H,4-5,14-15H2,1-3H3. The molecule has 0 fully saturated rings. The SMILES string of the molecule is CCOC(=O)C(CC)CN(Cc1ccc(OC)cc1C(F)(F)F)C(=O)c1ccccc1. The molecule has 0 saturated carbocycles. The van der Waals surface area contributed by atoms with Crippen LogP contribution in [-0.2, 0) is 22.3 Å². The van der Waals surface area contributed by atoms with E-state index in [1.807, 2.05) is 0 Å². The van der Waals surface area contributed by atoms with E-state index in [2.05, 4.69) is 0 Å². The number of halogens is 3. The molecule has 0 heterocycles. The number of amides is 1. The maximum atomic E-state index is 13.7. The molecule has 0 bridgehead atoms. The largest absolute Gasteiger partial charge is 0.497 e. The summed E-state index contributed by atoms with van der Waals surface area (Å²) in [6, 6.07) is 11.9. The fourth-order valence-electron chi connectivity index (χ4n) is 3.17. The van der Waals surface area contributed by atoms with Gasteiger partial charge >= 0.3 is 12.1 Å². The Hall–Kier alpha value is -3.03. The quantitative estimate of drug-likeness (QED) is 0.521. The molecule has 0 aliphatic heterocycles. The summed E-state index contributed by atoms with van der Waals surface area (Å²) in [5.74, 6) is -1.54. The van der Waals surface area contributed by atoms with E-state index in [9.17, 15) is 22.8 Å². The number of rotatable bonds is 9. The highest BCUT2D eigenvalue weighted by Gasteiger charge is 2.35. The molecule has 0 aliphatic rings. The van der Waals surface area contributed by atoms with Gasteiger partial charge in [0.25, 0.3) is 5.91 Å². The second-order valence-electron chi connectivity index (χ2n) is 6.93. The molecule has 2 aromatic carbocycles. The summed E-state index contributed by atoms with van der Waals surface area (Å²) in [4.78, 5) is 26.7. The molecule has 0 N–H and O–H groups in total. The third kappa shape index (κ3) is 6.47. The number of carbonyl (C=O) groups is 2. The van der Waals surface area contributed by atoms with Crippen molar-refractivity contribution in [2.24, 2.45) is 5.92 Å². The van der Waals surface area contributed by atoms with Crippen LogP contribution in [0.5, 0.6) is 5.75 Å². The van der Waals surface area contributed by atoms with Gasteiger partial charge in [0.05, 0.1) is 25.2 Å². The van der Waals surface area contributed by atoms with Gasteiger partial charge in [-0.25, -0.2) is 0 Å². The van der Waals surface area contributed by atoms with Crippen LogP contribution < -0.4 is 4.74 Å². The van der Waals surface area contributed by atoms with Crippen molar-refractivity contribution in [2.45, 2.75) is 33.0 Å². The molecule has 5 nitrogen and oxygen atoms in total. The fraction of sp³-hybridized carbons (Fsp3) is 0.391. The average molecular weight is 437 g/mol. The summed E-state index contributed by atoms with van der Waals surface area (Å²) < 4.78 is 51.0. The maximum absolute atomic E-state index is 13.7. The molecule has 2 rings (SSSR count). The van der Waals surface area contributed by atoms with Gasteiger partial charge in [0.1, 0.15) is 5.75 Å². The highest BCUT2D eigenvalue weighted by Crippen LogP contribution is 2.35. The van der Waals surface area contributed by atoms with E-state index in [0.29, 0.717) is 12.0 Å². The second-order valence-corrected chi connectivity index (χ2v) is 6.93. The van der Waals surface area contributed by atoms with Crippen LogP contribution in [0.25, 0.3) is 0 Å². The zero-order valence-corrected chi connectivity index (χ0v) is 17.7. The van der Waals surface area contributed by atoms with Crippen LogP contribution in [0.1, 0.15) is 41.8 Å². The van der Waals surface area contributed by atoms with Crippen molar-refractivity contribution in [1.82, 2.24) is 4.90 Å². The van der Waals surface area contributed by atoms with Gasteiger partial charge in [-0.15, -0.1) is 0 Å². The fourth-order valence-corrected chi connectivity index (χ4v) is 3.17. The van der Waals surface area contributed by atoms with Crippen molar-refractivity contribution in [3.05, 3.63) is 65.2 Å². The number of benzene rings is 2. The van der Waals surface area contributed by atoms with Gasteiger partial charge in [0, 0.05) is 18.7 Å². The van der Waals surface area contributed by atoms with Crippen molar-refractivity contribution in [2.75, 3.05) is 20.3 Å². The predicted octanol–water partition coefficient (Wildman–Crippen LogP) is 4.95. The smallest absolute Gasteiger partial charge is 0.416 e. The van der Waals surface area contributed by atoms with E-state index in [1.54, 1.807) is 44.2 Å². The van der Waals surface area contributed by atoms with Gasteiger partial charge in [-0.2, -0.15) is 13.2 Å². The second kappa shape index (κ2) is 10.8. The minimum atomic E-state index is -4.63. The molecule has 0 radical (unpaired) electrons. The van der Waals surface area contributed by atoms with Crippen molar-refractivity contribution >= 4 is 11.9 Å². The van der Waals surface area contributed by atoms with Crippen LogP contribution >= 0.6 is 0 Å². The molecule has 0 spiro atoms. The summed E-state index contributed by atoms with van der Waals surface area (Å²) in [7, 11) is 1.28. The van der Waals surface area contributed by atoms with Crippen molar-refractivity contribution in [3.63, 3.8) is 0 Å². The Bertz CT molecular complexity index is 884. The molecule has 8 heteroatoms. The van der Waals surface area contributed by atoms with Crippen LogP contribution in [0, 0.1) is 5.92 Å². The summed E-state index contributed by atoms with van der Waals surface area (Å²) in [6.07, 6.45) is -4.25. The molecule has 0 aliphatic carbocycles. The van der Waals surface area contributed by atoms with Crippen molar-refractivity contribution in [3.8, 4) is 5.75 Å². The van der Waals surface area contributed by atoms with E-state index < -0.39 is 29.5 Å². The molecule has 1 unspecified atom stereocenters. The molecule has 0 aromatic heterocycles. The van der Waals surface area contributed by atoms with E-state index in [1.165, 1.54) is 24.1 Å². The van der Waals surface area contributed by atoms with Crippen LogP contribution in [0.4, 0.5) is 13.2 Å². The predicted molar refractivity (Wildman–Crippen MR) is 110 cm³/mol. The van der Waals surface area contributed by atoms with Gasteiger partial charge in [-0.05, 0) is 43.2 Å². The number of hydrogen-bond donors (Lipinski definition) is 0. The van der Waals surface area contributed by atoms with Crippen LogP contribution in [0.2, 0.25) is 0 Å². The number of carbonyl (C=O) groups excluding carboxylic acids is 2. The highest BCUT2D eigenvalue weighted by molar-refractivity contribution is 5.94. The Kier molecular flexibility index (Phi) is 8.47. The molecule has 1 amide bonds. The number of hydrogen-bond acceptors (Lipinski definition) is 4. The molecule has 2 aromatic rings. The minimum absolute atomic E-state index is 0.0631. The third-order valence-corrected chi connectivity index (χ3v) is 4.85. The Labute approximate surface area is 179 Å². The van der Waals surface area contributed by atoms with Crippen LogP contribution in [0.15, 0.2) is 48.5 Å². The van der Waals surface area contributed by atoms with E-state index in [4.69, 9.17) is 9.47 Å². The lowest BCUT2D eigenvalue weighted by Crippen LogP contribution is -2.38. The third-order valence-electron chi connectivity index (χ3n) is 4.85. The summed E-state index contributed by atoms with van der Waals surface area (Å²) >= 11 is 0. The molecular weight excluding hydrogens is 411 g/mol. The molecular formula is C23H26F3NO4. The number of nitrogens with zero attached hydrogens (tertiary/aromatic N) is 1. The first-order valence-corrected chi connectivity index (χ1v) is 9.96. The first kappa shape index (κ1) is 24.2. The number of ether oxygens (including phenoxy) is 2. The first-order valence-electron chi connectivity index (χ1n) is 9.96. The Morgan fingerprint density at radius 3 is 2.29 bits per heavy atom. The lowest BCUT2D eigenvalue weighted by Gasteiger charge is -2.28. The summed E-state index contributed by atoms with van der Waals surface area (Å²) in [5.41, 5.74) is -0.651. The lowest BCUT2D eigenvalue weighted by molar-refractivity contribution is -0.148. The van der Waals surface area contributed by atoms with Gasteiger partial charge < -0.3 is 14.4 Å². The van der Waals surface area contributed by atoms with E-state index >= 15 is 0 Å². The van der Waals surface area contributed by atoms with Crippen LogP contribution in [-0.4, -0.2) is 37.0 Å². The van der Waals surface area contributed by atoms with Gasteiger partial charge in [0.15, 0.2) is 0 Å². The topological polar surface area (TPSA) is 55.8 Å². The zero-order valence-electron chi connectivity index (χ0n) is 17.7. The number of esters is 1. The molecule has 1 atom stereocenters. The first-order chi connectivity index (χ1) is 14.7. The number of methoxy groups -OCH3 is 1. The number of alkyl halides is 3. The molecule has 31 heavy (non-hydrogen) atoms. The summed E-state index contributed by atoms with van der Waals surface area (Å²) in [6.45, 7) is 3.24. The lowest BCUT2D eigenvalue weighted by atomic mass is 10.0. The van der Waals surface area contributed by atoms with Gasteiger partial charge in [-0.1, -0.05) is 31.2 Å². The van der Waals surface area contributed by atoms with Crippen molar-refractivity contribution < 1.29 is 32.2 Å². The minimum Gasteiger partial charge on any atom is -0.497 e. The monoisotopic (exact) mass is 437 g/mol. The Morgan fingerprint density at radius 2 is 1.74 bits per heavy atom. The van der Waals surface area contributed by atoms with E-state index in [0.717, 1.165) is 6.07 Å². The van der Waals surface area contributed by atoms with Gasteiger partial charge in [0.2, 0.25) is 0 Å². The normalized spacial score (nSPS) is 12.2. The molecule has 168 valence electrons. The highest BCUT2D eigenvalue weighted by atomic mass is 19.4. The zero-order chi connectivity index (χ0) is 23.0. The van der Waals surface area contributed by atoms with Crippen molar-refractivity contribution in [1.29, 1.82) is 0 Å².